The van der Waals surface area contributed by atoms with E-state index < -0.39 is 20.0 Å². The maximum Gasteiger partial charge on any atom is 0.417 e. The number of carbonyl (C=O) groups excluding carboxylic acids is 2. The summed E-state index contributed by atoms with van der Waals surface area (Å²) < 4.78 is 11.7. The number of likely N-dealkylation sites (tertiary alicyclic amines) is 1. The smallest absolute Gasteiger partial charge is 0.417 e. The standard InChI is InChI=1S/C22H35NO4Si/c1-21(2,3)27-20(25)23-14-18(13-19(23)24)17-11-9-10-16(12-17)15-26-28(7,8)22(4,5)6/h9-12,18H,13-15H2,1-8H3/t18-/m1/s1. The highest BCUT2D eigenvalue weighted by atomic mass is 28.4. The molecule has 1 aliphatic rings. The summed E-state index contributed by atoms with van der Waals surface area (Å²) in [5.74, 6) is -0.185. The van der Waals surface area contributed by atoms with E-state index >= 15 is 0 Å². The molecule has 0 radical (unpaired) electrons. The summed E-state index contributed by atoms with van der Waals surface area (Å²) in [6.07, 6.45) is -0.233. The largest absolute Gasteiger partial charge is 0.443 e. The molecule has 2 rings (SSSR count). The molecule has 0 N–H and O–H groups in total. The van der Waals surface area contributed by atoms with Crippen molar-refractivity contribution in [3.05, 3.63) is 35.4 Å². The molecule has 1 aliphatic heterocycles. The Bertz CT molecular complexity index is 731. The molecule has 0 aliphatic carbocycles. The molecule has 0 unspecified atom stereocenters. The first-order chi connectivity index (χ1) is 12.7. The monoisotopic (exact) mass is 405 g/mol. The molecule has 6 heteroatoms. The van der Waals surface area contributed by atoms with E-state index in [-0.39, 0.29) is 16.9 Å². The van der Waals surface area contributed by atoms with Crippen LogP contribution in [-0.2, 0) is 20.6 Å². The summed E-state index contributed by atoms with van der Waals surface area (Å²) in [5, 5.41) is 0.163. The second kappa shape index (κ2) is 7.99. The van der Waals surface area contributed by atoms with Crippen LogP contribution >= 0.6 is 0 Å². The molecular weight excluding hydrogens is 370 g/mol. The van der Waals surface area contributed by atoms with Crippen molar-refractivity contribution in [2.75, 3.05) is 6.54 Å². The number of hydrogen-bond acceptors (Lipinski definition) is 4. The summed E-state index contributed by atoms with van der Waals surface area (Å²) >= 11 is 0. The normalized spacial score (nSPS) is 18.5. The van der Waals surface area contributed by atoms with Crippen molar-refractivity contribution in [3.63, 3.8) is 0 Å². The zero-order valence-electron chi connectivity index (χ0n) is 18.6. The minimum Gasteiger partial charge on any atom is -0.443 e. The quantitative estimate of drug-likeness (QED) is 0.624. The summed E-state index contributed by atoms with van der Waals surface area (Å²) in [7, 11) is -1.82. The Labute approximate surface area is 170 Å². The third kappa shape index (κ3) is 5.67. The molecule has 2 amide bonds. The highest BCUT2D eigenvalue weighted by Gasteiger charge is 2.38. The first kappa shape index (κ1) is 22.6. The number of carbonyl (C=O) groups is 2. The van der Waals surface area contributed by atoms with Gasteiger partial charge in [0.25, 0.3) is 0 Å². The van der Waals surface area contributed by atoms with Crippen LogP contribution in [0.5, 0.6) is 0 Å². The van der Waals surface area contributed by atoms with Crippen LogP contribution in [0.4, 0.5) is 4.79 Å². The van der Waals surface area contributed by atoms with E-state index in [0.29, 0.717) is 19.6 Å². The minimum absolute atomic E-state index is 0.00663. The SMILES string of the molecule is CC(C)(C)OC(=O)N1C[C@H](c2cccc(CO[Si](C)(C)C(C)(C)C)c2)CC1=O. The molecule has 156 valence electrons. The Morgan fingerprint density at radius 2 is 1.82 bits per heavy atom. The van der Waals surface area contributed by atoms with Crippen LogP contribution in [0.3, 0.4) is 0 Å². The zero-order chi connectivity index (χ0) is 21.3. The summed E-state index contributed by atoms with van der Waals surface area (Å²) in [5.41, 5.74) is 1.55. The Morgan fingerprint density at radius 1 is 1.18 bits per heavy atom. The Morgan fingerprint density at radius 3 is 2.39 bits per heavy atom. The van der Waals surface area contributed by atoms with Crippen molar-refractivity contribution in [1.29, 1.82) is 0 Å². The van der Waals surface area contributed by atoms with Crippen LogP contribution in [0.25, 0.3) is 0 Å². The molecule has 1 aromatic carbocycles. The van der Waals surface area contributed by atoms with Gasteiger partial charge in [-0.25, -0.2) is 9.69 Å². The van der Waals surface area contributed by atoms with Crippen molar-refractivity contribution in [2.24, 2.45) is 0 Å². The number of hydrogen-bond donors (Lipinski definition) is 0. The summed E-state index contributed by atoms with van der Waals surface area (Å²) in [4.78, 5) is 25.9. The molecule has 0 bridgehead atoms. The molecule has 1 saturated heterocycles. The van der Waals surface area contributed by atoms with Gasteiger partial charge in [0, 0.05) is 18.9 Å². The molecule has 28 heavy (non-hydrogen) atoms. The van der Waals surface area contributed by atoms with Gasteiger partial charge < -0.3 is 9.16 Å². The van der Waals surface area contributed by atoms with Gasteiger partial charge in [0.05, 0.1) is 6.61 Å². The Kier molecular flexibility index (Phi) is 6.46. The molecule has 1 atom stereocenters. The van der Waals surface area contributed by atoms with Gasteiger partial charge >= 0.3 is 6.09 Å². The van der Waals surface area contributed by atoms with Crippen molar-refractivity contribution in [2.45, 2.75) is 84.2 Å². The maximum atomic E-state index is 12.3. The topological polar surface area (TPSA) is 55.8 Å². The van der Waals surface area contributed by atoms with Crippen LogP contribution in [0.2, 0.25) is 18.1 Å². The van der Waals surface area contributed by atoms with E-state index in [9.17, 15) is 9.59 Å². The number of benzene rings is 1. The maximum absolute atomic E-state index is 12.3. The molecule has 5 nitrogen and oxygen atoms in total. The fourth-order valence-corrected chi connectivity index (χ4v) is 3.80. The Balaban J connectivity index is 2.06. The van der Waals surface area contributed by atoms with Crippen LogP contribution in [0.15, 0.2) is 24.3 Å². The zero-order valence-corrected chi connectivity index (χ0v) is 19.6. The van der Waals surface area contributed by atoms with E-state index in [1.807, 2.05) is 12.1 Å². The molecule has 1 heterocycles. The van der Waals surface area contributed by atoms with Gasteiger partial charge in [-0.3, -0.25) is 4.79 Å². The van der Waals surface area contributed by atoms with E-state index in [0.717, 1.165) is 11.1 Å². The highest BCUT2D eigenvalue weighted by molar-refractivity contribution is 6.74. The van der Waals surface area contributed by atoms with Gasteiger partial charge in [0.2, 0.25) is 5.91 Å². The first-order valence-electron chi connectivity index (χ1n) is 9.96. The third-order valence-electron chi connectivity index (χ3n) is 5.57. The molecule has 0 spiro atoms. The molecule has 1 fully saturated rings. The fourth-order valence-electron chi connectivity index (χ4n) is 2.84. The lowest BCUT2D eigenvalue weighted by Crippen LogP contribution is -2.40. The van der Waals surface area contributed by atoms with Crippen molar-refractivity contribution in [3.8, 4) is 0 Å². The predicted octanol–water partition coefficient (Wildman–Crippen LogP) is 5.46. The molecular formula is C22H35NO4Si. The fraction of sp³-hybridized carbons (Fsp3) is 0.636. The third-order valence-corrected chi connectivity index (χ3v) is 10.0. The van der Waals surface area contributed by atoms with Gasteiger partial charge in [-0.2, -0.15) is 0 Å². The molecule has 1 aromatic rings. The van der Waals surface area contributed by atoms with E-state index in [1.54, 1.807) is 20.8 Å². The van der Waals surface area contributed by atoms with Gasteiger partial charge in [0.1, 0.15) is 5.60 Å². The molecule has 0 aromatic heterocycles. The number of rotatable bonds is 4. The first-order valence-corrected chi connectivity index (χ1v) is 12.9. The van der Waals surface area contributed by atoms with E-state index in [1.165, 1.54) is 4.90 Å². The number of ether oxygens (including phenoxy) is 1. The van der Waals surface area contributed by atoms with Crippen LogP contribution in [-0.4, -0.2) is 37.4 Å². The van der Waals surface area contributed by atoms with Crippen molar-refractivity contribution in [1.82, 2.24) is 4.90 Å². The van der Waals surface area contributed by atoms with Crippen molar-refractivity contribution >= 4 is 20.3 Å². The average Bonchev–Trinajstić information content (AvgIpc) is 2.93. The van der Waals surface area contributed by atoms with Gasteiger partial charge in [-0.15, -0.1) is 0 Å². The van der Waals surface area contributed by atoms with Gasteiger partial charge in [0.15, 0.2) is 8.32 Å². The summed E-state index contributed by atoms with van der Waals surface area (Å²) in [6, 6.07) is 8.18. The number of amides is 2. The van der Waals surface area contributed by atoms with Gasteiger partial charge in [-0.05, 0) is 50.0 Å². The van der Waals surface area contributed by atoms with Crippen LogP contribution in [0, 0.1) is 0 Å². The van der Waals surface area contributed by atoms with E-state index in [2.05, 4.69) is 46.0 Å². The van der Waals surface area contributed by atoms with Crippen LogP contribution < -0.4 is 0 Å². The lowest BCUT2D eigenvalue weighted by molar-refractivity contribution is -0.126. The van der Waals surface area contributed by atoms with Crippen LogP contribution in [0.1, 0.15) is 65.0 Å². The average molecular weight is 406 g/mol. The highest BCUT2D eigenvalue weighted by Crippen LogP contribution is 2.37. The lowest BCUT2D eigenvalue weighted by Gasteiger charge is -2.36. The number of imide groups is 1. The number of nitrogens with zero attached hydrogens (tertiary/aromatic N) is 1. The predicted molar refractivity (Wildman–Crippen MR) is 114 cm³/mol. The Hall–Kier alpha value is -1.66. The molecule has 0 saturated carbocycles. The second-order valence-corrected chi connectivity index (χ2v) is 15.0. The second-order valence-electron chi connectivity index (χ2n) is 10.2. The minimum atomic E-state index is -1.82. The summed E-state index contributed by atoms with van der Waals surface area (Å²) in [6.45, 7) is 17.5. The van der Waals surface area contributed by atoms with E-state index in [4.69, 9.17) is 9.16 Å². The van der Waals surface area contributed by atoms with Crippen molar-refractivity contribution < 1.29 is 18.8 Å². The lowest BCUT2D eigenvalue weighted by atomic mass is 9.97. The van der Waals surface area contributed by atoms with Gasteiger partial charge in [-0.1, -0.05) is 45.0 Å².